The molecule has 0 aliphatic heterocycles. The molecule has 0 heterocycles. The molecule has 0 spiro atoms. The fourth-order valence-electron chi connectivity index (χ4n) is 2.48. The number of para-hydroxylation sites is 1. The van der Waals surface area contributed by atoms with Crippen molar-refractivity contribution in [3.8, 4) is 6.07 Å². The van der Waals surface area contributed by atoms with E-state index in [1.54, 1.807) is 24.3 Å². The van der Waals surface area contributed by atoms with Gasteiger partial charge in [-0.2, -0.15) is 5.26 Å². The Morgan fingerprint density at radius 1 is 1.43 bits per heavy atom. The summed E-state index contributed by atoms with van der Waals surface area (Å²) in [4.78, 5) is 14.3. The van der Waals surface area contributed by atoms with Gasteiger partial charge < -0.3 is 10.4 Å². The second-order valence-corrected chi connectivity index (χ2v) is 5.34. The molecule has 1 saturated carbocycles. The van der Waals surface area contributed by atoms with Gasteiger partial charge in [0.25, 0.3) is 0 Å². The van der Waals surface area contributed by atoms with Crippen LogP contribution in [0.4, 0.5) is 5.69 Å². The molecule has 0 radical (unpaired) electrons. The van der Waals surface area contributed by atoms with Gasteiger partial charge in [-0.1, -0.05) is 18.6 Å². The zero-order valence-corrected chi connectivity index (χ0v) is 12.1. The van der Waals surface area contributed by atoms with Crippen LogP contribution in [0.2, 0.25) is 0 Å². The van der Waals surface area contributed by atoms with Crippen LogP contribution < -0.4 is 5.32 Å². The maximum absolute atomic E-state index is 12.2. The van der Waals surface area contributed by atoms with Gasteiger partial charge in [-0.3, -0.25) is 9.69 Å². The average molecular weight is 287 g/mol. The Bertz CT molecular complexity index is 520. The average Bonchev–Trinajstić information content (AvgIpc) is 2.43. The van der Waals surface area contributed by atoms with Crippen LogP contribution in [0.25, 0.3) is 0 Å². The maximum atomic E-state index is 12.2. The van der Waals surface area contributed by atoms with E-state index in [-0.39, 0.29) is 12.5 Å². The minimum atomic E-state index is -0.109. The number of aliphatic hydroxyl groups excluding tert-OH is 1. The number of hydrogen-bond acceptors (Lipinski definition) is 4. The summed E-state index contributed by atoms with van der Waals surface area (Å²) in [5.41, 5.74) is 1.03. The zero-order valence-electron chi connectivity index (χ0n) is 12.1. The summed E-state index contributed by atoms with van der Waals surface area (Å²) in [6, 6.07) is 9.52. The van der Waals surface area contributed by atoms with Crippen LogP contribution >= 0.6 is 0 Å². The minimum Gasteiger partial charge on any atom is -0.396 e. The van der Waals surface area contributed by atoms with Crippen LogP contribution in [0.15, 0.2) is 24.3 Å². The first kappa shape index (κ1) is 15.5. The number of rotatable bonds is 7. The highest BCUT2D eigenvalue weighted by atomic mass is 16.3. The second-order valence-electron chi connectivity index (χ2n) is 5.34. The zero-order chi connectivity index (χ0) is 15.1. The van der Waals surface area contributed by atoms with E-state index in [9.17, 15) is 4.79 Å². The molecule has 2 rings (SSSR count). The maximum Gasteiger partial charge on any atom is 0.238 e. The van der Waals surface area contributed by atoms with E-state index in [1.807, 2.05) is 0 Å². The molecule has 5 nitrogen and oxygen atoms in total. The molecule has 0 atom stereocenters. The molecule has 1 fully saturated rings. The van der Waals surface area contributed by atoms with Gasteiger partial charge in [-0.25, -0.2) is 0 Å². The number of carbonyl (C=O) groups is 1. The molecule has 1 aliphatic rings. The lowest BCUT2D eigenvalue weighted by molar-refractivity contribution is -0.118. The van der Waals surface area contributed by atoms with Crippen molar-refractivity contribution in [3.63, 3.8) is 0 Å². The van der Waals surface area contributed by atoms with E-state index in [2.05, 4.69) is 16.3 Å². The first-order valence-electron chi connectivity index (χ1n) is 7.38. The standard InChI is InChI=1S/C16H21N3O2/c17-11-13-5-1-2-8-15(13)18-16(21)12-19(9-4-10-20)14-6-3-7-14/h1-2,5,8,14,20H,3-4,6-7,9-10,12H2,(H,18,21). The topological polar surface area (TPSA) is 76.4 Å². The lowest BCUT2D eigenvalue weighted by atomic mass is 9.91. The third-order valence-corrected chi connectivity index (χ3v) is 3.86. The van der Waals surface area contributed by atoms with E-state index in [4.69, 9.17) is 10.4 Å². The number of aliphatic hydroxyl groups is 1. The van der Waals surface area contributed by atoms with Gasteiger partial charge in [0.15, 0.2) is 0 Å². The third kappa shape index (κ3) is 4.28. The molecular formula is C16H21N3O2. The van der Waals surface area contributed by atoms with Gasteiger partial charge >= 0.3 is 0 Å². The van der Waals surface area contributed by atoms with E-state index < -0.39 is 0 Å². The molecule has 5 heteroatoms. The first-order valence-corrected chi connectivity index (χ1v) is 7.38. The fraction of sp³-hybridized carbons (Fsp3) is 0.500. The minimum absolute atomic E-state index is 0.109. The number of anilines is 1. The number of nitrogens with zero attached hydrogens (tertiary/aromatic N) is 2. The molecule has 0 aromatic heterocycles. The molecule has 1 aliphatic carbocycles. The summed E-state index contributed by atoms with van der Waals surface area (Å²) < 4.78 is 0. The Balaban J connectivity index is 1.93. The normalized spacial score (nSPS) is 14.5. The number of amides is 1. The van der Waals surface area contributed by atoms with Crippen molar-refractivity contribution in [3.05, 3.63) is 29.8 Å². The van der Waals surface area contributed by atoms with E-state index in [0.717, 1.165) is 19.4 Å². The molecule has 1 amide bonds. The van der Waals surface area contributed by atoms with Gasteiger partial charge in [0.05, 0.1) is 17.8 Å². The van der Waals surface area contributed by atoms with Gasteiger partial charge in [0, 0.05) is 19.2 Å². The quantitative estimate of drug-likeness (QED) is 0.801. The molecular weight excluding hydrogens is 266 g/mol. The van der Waals surface area contributed by atoms with E-state index in [0.29, 0.717) is 30.3 Å². The Morgan fingerprint density at radius 2 is 2.19 bits per heavy atom. The molecule has 0 saturated heterocycles. The summed E-state index contributed by atoms with van der Waals surface area (Å²) in [5.74, 6) is -0.109. The van der Waals surface area contributed by atoms with Gasteiger partial charge in [-0.05, 0) is 31.4 Å². The lowest BCUT2D eigenvalue weighted by Crippen LogP contribution is -2.45. The highest BCUT2D eigenvalue weighted by molar-refractivity contribution is 5.93. The summed E-state index contributed by atoms with van der Waals surface area (Å²) in [7, 11) is 0. The predicted octanol–water partition coefficient (Wildman–Crippen LogP) is 1.73. The monoisotopic (exact) mass is 287 g/mol. The summed E-state index contributed by atoms with van der Waals surface area (Å²) in [6.45, 7) is 1.18. The molecule has 0 bridgehead atoms. The van der Waals surface area contributed by atoms with Crippen LogP contribution in [0, 0.1) is 11.3 Å². The molecule has 21 heavy (non-hydrogen) atoms. The van der Waals surface area contributed by atoms with Crippen molar-refractivity contribution in [1.29, 1.82) is 5.26 Å². The molecule has 0 unspecified atom stereocenters. The van der Waals surface area contributed by atoms with Gasteiger partial charge in [0.2, 0.25) is 5.91 Å². The Hall–Kier alpha value is -1.90. The van der Waals surface area contributed by atoms with Crippen molar-refractivity contribution in [2.45, 2.75) is 31.7 Å². The van der Waals surface area contributed by atoms with Crippen LogP contribution in [-0.4, -0.2) is 41.7 Å². The van der Waals surface area contributed by atoms with Gasteiger partial charge in [0.1, 0.15) is 6.07 Å². The number of hydrogen-bond donors (Lipinski definition) is 2. The fourth-order valence-corrected chi connectivity index (χ4v) is 2.48. The number of nitrogens with one attached hydrogen (secondary N) is 1. The highest BCUT2D eigenvalue weighted by Gasteiger charge is 2.26. The summed E-state index contributed by atoms with van der Waals surface area (Å²) in [5, 5.41) is 20.8. The van der Waals surface area contributed by atoms with E-state index in [1.165, 1.54) is 6.42 Å². The van der Waals surface area contributed by atoms with Crippen molar-refractivity contribution >= 4 is 11.6 Å². The number of carbonyl (C=O) groups excluding carboxylic acids is 1. The van der Waals surface area contributed by atoms with Crippen LogP contribution in [0.3, 0.4) is 0 Å². The van der Waals surface area contributed by atoms with Crippen molar-refractivity contribution in [2.24, 2.45) is 0 Å². The van der Waals surface area contributed by atoms with E-state index >= 15 is 0 Å². The Labute approximate surface area is 125 Å². The number of benzene rings is 1. The summed E-state index contributed by atoms with van der Waals surface area (Å²) in [6.07, 6.45) is 4.12. The smallest absolute Gasteiger partial charge is 0.238 e. The molecule has 112 valence electrons. The summed E-state index contributed by atoms with van der Waals surface area (Å²) >= 11 is 0. The van der Waals surface area contributed by atoms with Crippen LogP contribution in [-0.2, 0) is 4.79 Å². The van der Waals surface area contributed by atoms with Crippen LogP contribution in [0.1, 0.15) is 31.2 Å². The second kappa shape index (κ2) is 7.77. The largest absolute Gasteiger partial charge is 0.396 e. The third-order valence-electron chi connectivity index (χ3n) is 3.86. The van der Waals surface area contributed by atoms with Gasteiger partial charge in [-0.15, -0.1) is 0 Å². The Morgan fingerprint density at radius 3 is 2.81 bits per heavy atom. The van der Waals surface area contributed by atoms with Crippen molar-refractivity contribution < 1.29 is 9.90 Å². The SMILES string of the molecule is N#Cc1ccccc1NC(=O)CN(CCCO)C1CCC1. The molecule has 2 N–H and O–H groups in total. The molecule has 1 aromatic rings. The van der Waals surface area contributed by atoms with Crippen molar-refractivity contribution in [1.82, 2.24) is 4.90 Å². The Kier molecular flexibility index (Phi) is 5.73. The first-order chi connectivity index (χ1) is 10.2. The van der Waals surface area contributed by atoms with Crippen molar-refractivity contribution in [2.75, 3.05) is 25.0 Å². The molecule has 1 aromatic carbocycles. The predicted molar refractivity (Wildman–Crippen MR) is 80.7 cm³/mol. The lowest BCUT2D eigenvalue weighted by Gasteiger charge is -2.37. The number of nitriles is 1. The highest BCUT2D eigenvalue weighted by Crippen LogP contribution is 2.24. The van der Waals surface area contributed by atoms with Crippen LogP contribution in [0.5, 0.6) is 0 Å².